The van der Waals surface area contributed by atoms with Crippen molar-refractivity contribution in [3.05, 3.63) is 69.7 Å². The molecule has 3 heterocycles. The maximum atomic E-state index is 13.3. The molecule has 0 unspecified atom stereocenters. The van der Waals surface area contributed by atoms with Gasteiger partial charge in [-0.1, -0.05) is 23.4 Å². The molecule has 8 nitrogen and oxygen atoms in total. The zero-order valence-corrected chi connectivity index (χ0v) is 19.2. The van der Waals surface area contributed by atoms with Crippen molar-refractivity contribution in [3.63, 3.8) is 0 Å². The van der Waals surface area contributed by atoms with Crippen LogP contribution >= 0.6 is 0 Å². The minimum Gasteiger partial charge on any atom is -0.360 e. The summed E-state index contributed by atoms with van der Waals surface area (Å²) < 4.78 is 6.99. The number of aromatic nitrogens is 2. The molecule has 1 fully saturated rings. The van der Waals surface area contributed by atoms with Gasteiger partial charge in [0.2, 0.25) is 0 Å². The Morgan fingerprint density at radius 2 is 1.88 bits per heavy atom. The lowest BCUT2D eigenvalue weighted by atomic mass is 9.89. The van der Waals surface area contributed by atoms with Crippen LogP contribution in [0.1, 0.15) is 57.5 Å². The quantitative estimate of drug-likeness (QED) is 0.478. The molecule has 0 saturated carbocycles. The molecular formula is C25H26N4O4. The van der Waals surface area contributed by atoms with Crippen LogP contribution in [-0.2, 0) is 23.2 Å². The summed E-state index contributed by atoms with van der Waals surface area (Å²) in [5.74, 6) is 0.521. The Morgan fingerprint density at radius 3 is 2.61 bits per heavy atom. The number of carbonyl (C=O) groups is 3. The Labute approximate surface area is 191 Å². The number of urea groups is 1. The molecule has 0 bridgehead atoms. The van der Waals surface area contributed by atoms with Gasteiger partial charge in [0.25, 0.3) is 5.91 Å². The highest BCUT2D eigenvalue weighted by Crippen LogP contribution is 2.33. The van der Waals surface area contributed by atoms with E-state index in [1.165, 1.54) is 11.1 Å². The minimum atomic E-state index is -1.19. The number of nitrogens with one attached hydrogen (secondary N) is 1. The van der Waals surface area contributed by atoms with Crippen molar-refractivity contribution in [1.82, 2.24) is 19.9 Å². The number of hydrogen-bond acceptors (Lipinski definition) is 5. The number of fused-ring (bicyclic) bond motifs is 1. The van der Waals surface area contributed by atoms with Gasteiger partial charge in [0, 0.05) is 23.0 Å². The number of aryl methyl sites for hydroxylation is 4. The lowest BCUT2D eigenvalue weighted by Gasteiger charge is -2.23. The number of carbonyl (C=O) groups excluding carboxylic acids is 3. The lowest BCUT2D eigenvalue weighted by molar-refractivity contribution is -0.130. The van der Waals surface area contributed by atoms with Gasteiger partial charge < -0.3 is 9.84 Å². The molecule has 170 valence electrons. The van der Waals surface area contributed by atoms with E-state index in [2.05, 4.69) is 10.5 Å². The van der Waals surface area contributed by atoms with Crippen LogP contribution in [0.5, 0.6) is 0 Å². The summed E-state index contributed by atoms with van der Waals surface area (Å²) >= 11 is 0. The number of Topliss-reactive ketones (excluding diaryl/α,β-unsaturated/α-hetero) is 1. The zero-order chi connectivity index (χ0) is 23.5. The number of rotatable bonds is 5. The molecule has 1 aliphatic carbocycles. The number of imide groups is 1. The van der Waals surface area contributed by atoms with Crippen LogP contribution in [-0.4, -0.2) is 38.9 Å². The Bertz CT molecular complexity index is 1320. The van der Waals surface area contributed by atoms with Crippen LogP contribution in [0.25, 0.3) is 5.82 Å². The summed E-state index contributed by atoms with van der Waals surface area (Å²) in [6, 6.07) is 8.93. The smallest absolute Gasteiger partial charge is 0.325 e. The van der Waals surface area contributed by atoms with Crippen molar-refractivity contribution < 1.29 is 18.9 Å². The molecule has 2 aliphatic rings. The third-order valence-electron chi connectivity index (χ3n) is 6.83. The lowest BCUT2D eigenvalue weighted by Crippen LogP contribution is -2.41. The molecule has 1 aromatic carbocycles. The fraction of sp³-hybridized carbons (Fsp3) is 0.360. The van der Waals surface area contributed by atoms with Gasteiger partial charge in [0.15, 0.2) is 11.6 Å². The molecule has 3 aromatic rings. The molecule has 2 aromatic heterocycles. The predicted molar refractivity (Wildman–Crippen MR) is 120 cm³/mol. The first-order valence-electron chi connectivity index (χ1n) is 11.1. The van der Waals surface area contributed by atoms with E-state index in [1.54, 1.807) is 26.0 Å². The van der Waals surface area contributed by atoms with Gasteiger partial charge >= 0.3 is 6.03 Å². The molecule has 5 rings (SSSR count). The normalized spacial score (nSPS) is 19.8. The van der Waals surface area contributed by atoms with Crippen LogP contribution < -0.4 is 5.32 Å². The van der Waals surface area contributed by atoms with Crippen molar-refractivity contribution >= 4 is 17.7 Å². The van der Waals surface area contributed by atoms with Crippen molar-refractivity contribution in [2.75, 3.05) is 6.54 Å². The van der Waals surface area contributed by atoms with E-state index >= 15 is 0 Å². The second kappa shape index (κ2) is 7.43. The van der Waals surface area contributed by atoms with E-state index in [0.717, 1.165) is 35.4 Å². The fourth-order valence-corrected chi connectivity index (χ4v) is 5.00. The first-order chi connectivity index (χ1) is 15.7. The van der Waals surface area contributed by atoms with Gasteiger partial charge in [-0.25, -0.2) is 4.79 Å². The van der Waals surface area contributed by atoms with Crippen LogP contribution in [0.3, 0.4) is 0 Å². The first kappa shape index (κ1) is 21.2. The average molecular weight is 447 g/mol. The van der Waals surface area contributed by atoms with Gasteiger partial charge in [0.05, 0.1) is 6.54 Å². The van der Waals surface area contributed by atoms with Gasteiger partial charge in [-0.2, -0.15) is 0 Å². The van der Waals surface area contributed by atoms with Crippen molar-refractivity contribution in [2.24, 2.45) is 0 Å². The minimum absolute atomic E-state index is 0.309. The highest BCUT2D eigenvalue weighted by molar-refractivity contribution is 6.11. The van der Waals surface area contributed by atoms with E-state index in [9.17, 15) is 14.4 Å². The summed E-state index contributed by atoms with van der Waals surface area (Å²) in [5.41, 5.74) is 4.01. The fourth-order valence-electron chi connectivity index (χ4n) is 5.00. The van der Waals surface area contributed by atoms with E-state index in [-0.39, 0.29) is 12.3 Å². The Balaban J connectivity index is 1.40. The zero-order valence-electron chi connectivity index (χ0n) is 19.2. The first-order valence-corrected chi connectivity index (χ1v) is 11.1. The van der Waals surface area contributed by atoms with Crippen molar-refractivity contribution in [2.45, 2.75) is 52.5 Å². The highest BCUT2D eigenvalue weighted by Gasteiger charge is 2.49. The Hall–Kier alpha value is -3.68. The average Bonchev–Trinajstić information content (AvgIpc) is 3.52. The van der Waals surface area contributed by atoms with Crippen LogP contribution in [0, 0.1) is 20.8 Å². The molecule has 1 atom stereocenters. The number of ketones is 1. The summed E-state index contributed by atoms with van der Waals surface area (Å²) in [7, 11) is 0. The van der Waals surface area contributed by atoms with Gasteiger partial charge in [-0.15, -0.1) is 0 Å². The van der Waals surface area contributed by atoms with Crippen LogP contribution in [0.4, 0.5) is 4.79 Å². The molecule has 0 spiro atoms. The molecule has 1 saturated heterocycles. The monoisotopic (exact) mass is 446 g/mol. The van der Waals surface area contributed by atoms with Crippen LogP contribution in [0.15, 0.2) is 34.9 Å². The van der Waals surface area contributed by atoms with Crippen molar-refractivity contribution in [1.29, 1.82) is 0 Å². The summed E-state index contributed by atoms with van der Waals surface area (Å²) in [4.78, 5) is 40.3. The van der Waals surface area contributed by atoms with E-state index < -0.39 is 17.5 Å². The third kappa shape index (κ3) is 3.28. The molecular weight excluding hydrogens is 420 g/mol. The summed E-state index contributed by atoms with van der Waals surface area (Å²) in [6.45, 7) is 6.85. The maximum absolute atomic E-state index is 13.3. The van der Waals surface area contributed by atoms with E-state index in [1.807, 2.05) is 36.6 Å². The van der Waals surface area contributed by atoms with E-state index in [0.29, 0.717) is 22.8 Å². The third-order valence-corrected chi connectivity index (χ3v) is 6.83. The number of amides is 3. The summed E-state index contributed by atoms with van der Waals surface area (Å²) in [5, 5.41) is 6.84. The topological polar surface area (TPSA) is 97.4 Å². The Morgan fingerprint density at radius 1 is 1.12 bits per heavy atom. The highest BCUT2D eigenvalue weighted by atomic mass is 16.5. The maximum Gasteiger partial charge on any atom is 0.325 e. The predicted octanol–water partition coefficient (Wildman–Crippen LogP) is 3.53. The second-order valence-electron chi connectivity index (χ2n) is 9.12. The van der Waals surface area contributed by atoms with Gasteiger partial charge in [-0.05, 0) is 69.7 Å². The molecule has 33 heavy (non-hydrogen) atoms. The molecule has 0 radical (unpaired) electrons. The molecule has 1 N–H and O–H groups in total. The van der Waals surface area contributed by atoms with E-state index in [4.69, 9.17) is 4.52 Å². The standard InChI is InChI=1S/C25H26N4O4/c1-14-10-20(16(3)29(14)22-11-15(2)33-27-22)21(30)13-28-23(31)25(4,26-24(28)32)19-9-8-17-6-5-7-18(17)12-19/h8-12H,5-7,13H2,1-4H3,(H,26,32)/t25-/m1/s1. The largest absolute Gasteiger partial charge is 0.360 e. The van der Waals surface area contributed by atoms with Gasteiger partial charge in [-0.3, -0.25) is 19.1 Å². The van der Waals surface area contributed by atoms with Crippen LogP contribution in [0.2, 0.25) is 0 Å². The van der Waals surface area contributed by atoms with Gasteiger partial charge in [0.1, 0.15) is 11.3 Å². The number of benzene rings is 1. The second-order valence-corrected chi connectivity index (χ2v) is 9.12. The summed E-state index contributed by atoms with van der Waals surface area (Å²) in [6.07, 6.45) is 3.12. The Kier molecular flexibility index (Phi) is 4.77. The number of nitrogens with zero attached hydrogens (tertiary/aromatic N) is 3. The molecule has 1 aliphatic heterocycles. The SMILES string of the molecule is Cc1cc(-n2c(C)cc(C(=O)CN3C(=O)N[C@](C)(c4ccc5c(c4)CCC5)C3=O)c2C)no1. The molecule has 3 amide bonds. The van der Waals surface area contributed by atoms with Crippen molar-refractivity contribution in [3.8, 4) is 5.82 Å². The number of hydrogen-bond donors (Lipinski definition) is 1. The molecule has 8 heteroatoms.